The fourth-order valence-electron chi connectivity index (χ4n) is 3.57. The minimum Gasteiger partial charge on any atom is -0.494 e. The Morgan fingerprint density at radius 1 is 1.00 bits per heavy atom. The molecule has 0 spiro atoms. The van der Waals surface area contributed by atoms with Crippen LogP contribution >= 0.6 is 0 Å². The zero-order valence-corrected chi connectivity index (χ0v) is 17.3. The molecule has 0 fully saturated rings. The van der Waals surface area contributed by atoms with Crippen LogP contribution in [0.2, 0.25) is 0 Å². The third-order valence-electron chi connectivity index (χ3n) is 5.09. The number of carbonyl (C=O) groups is 1. The highest BCUT2D eigenvalue weighted by Crippen LogP contribution is 2.26. The van der Waals surface area contributed by atoms with Gasteiger partial charge >= 0.3 is 0 Å². The minimum atomic E-state index is 0.0206. The Balaban J connectivity index is 1.63. The summed E-state index contributed by atoms with van der Waals surface area (Å²) in [6.07, 6.45) is 1.97. The molecule has 4 rings (SSSR count). The summed E-state index contributed by atoms with van der Waals surface area (Å²) in [5, 5.41) is 0.995. The first-order valence-electron chi connectivity index (χ1n) is 10.2. The quantitative estimate of drug-likeness (QED) is 0.388. The minimum absolute atomic E-state index is 0.0206. The number of hydrogen-bond donors (Lipinski definition) is 0. The summed E-state index contributed by atoms with van der Waals surface area (Å²) in [5.74, 6) is 0.817. The van der Waals surface area contributed by atoms with Crippen molar-refractivity contribution in [3.8, 4) is 5.75 Å². The summed E-state index contributed by atoms with van der Waals surface area (Å²) >= 11 is 0. The monoisotopic (exact) mass is 399 g/mol. The normalized spacial score (nSPS) is 10.9. The van der Waals surface area contributed by atoms with Gasteiger partial charge in [-0.25, -0.2) is 0 Å². The molecule has 0 saturated heterocycles. The van der Waals surface area contributed by atoms with Crippen LogP contribution in [0.1, 0.15) is 23.6 Å². The molecule has 4 aromatic rings. The van der Waals surface area contributed by atoms with Crippen LogP contribution in [0.3, 0.4) is 0 Å². The SMILES string of the molecule is CCOc1ccc(N(Cc2ccccc2)C(=O)Cc2coc3ccc(C)cc23)cc1. The van der Waals surface area contributed by atoms with E-state index in [-0.39, 0.29) is 12.3 Å². The molecule has 4 heteroatoms. The topological polar surface area (TPSA) is 42.7 Å². The van der Waals surface area contributed by atoms with Crippen molar-refractivity contribution >= 4 is 22.6 Å². The fraction of sp³-hybridized carbons (Fsp3) is 0.192. The van der Waals surface area contributed by atoms with E-state index in [1.807, 2.05) is 85.5 Å². The summed E-state index contributed by atoms with van der Waals surface area (Å²) in [5.41, 5.74) is 4.77. The molecule has 4 nitrogen and oxygen atoms in total. The lowest BCUT2D eigenvalue weighted by atomic mass is 10.1. The Bertz CT molecular complexity index is 1130. The number of fused-ring (bicyclic) bond motifs is 1. The molecule has 1 heterocycles. The molecule has 1 amide bonds. The van der Waals surface area contributed by atoms with Gasteiger partial charge in [-0.3, -0.25) is 4.79 Å². The Kier molecular flexibility index (Phi) is 5.84. The van der Waals surface area contributed by atoms with Crippen molar-refractivity contribution < 1.29 is 13.9 Å². The first-order valence-corrected chi connectivity index (χ1v) is 10.2. The van der Waals surface area contributed by atoms with Crippen LogP contribution in [0, 0.1) is 6.92 Å². The Labute approximate surface area is 176 Å². The molecule has 0 aliphatic carbocycles. The van der Waals surface area contributed by atoms with Crippen LogP contribution in [-0.4, -0.2) is 12.5 Å². The number of rotatable bonds is 7. The number of anilines is 1. The van der Waals surface area contributed by atoms with Crippen molar-refractivity contribution in [3.63, 3.8) is 0 Å². The van der Waals surface area contributed by atoms with Crippen molar-refractivity contribution in [3.05, 3.63) is 95.7 Å². The fourth-order valence-corrected chi connectivity index (χ4v) is 3.57. The first-order chi connectivity index (χ1) is 14.6. The molecule has 0 unspecified atom stereocenters. The number of ether oxygens (including phenoxy) is 1. The molecular formula is C26H25NO3. The number of benzene rings is 3. The average Bonchev–Trinajstić information content (AvgIpc) is 3.15. The van der Waals surface area contributed by atoms with Gasteiger partial charge in [-0.15, -0.1) is 0 Å². The highest BCUT2D eigenvalue weighted by Gasteiger charge is 2.19. The van der Waals surface area contributed by atoms with E-state index in [2.05, 4.69) is 6.07 Å². The average molecular weight is 399 g/mol. The predicted molar refractivity (Wildman–Crippen MR) is 120 cm³/mol. The third-order valence-corrected chi connectivity index (χ3v) is 5.09. The first kappa shape index (κ1) is 19.8. The van der Waals surface area contributed by atoms with Gasteiger partial charge in [0.25, 0.3) is 0 Å². The highest BCUT2D eigenvalue weighted by molar-refractivity contribution is 5.97. The molecular weight excluding hydrogens is 374 g/mol. The maximum absolute atomic E-state index is 13.4. The van der Waals surface area contributed by atoms with Crippen LogP contribution in [-0.2, 0) is 17.8 Å². The summed E-state index contributed by atoms with van der Waals surface area (Å²) < 4.78 is 11.2. The van der Waals surface area contributed by atoms with Gasteiger partial charge < -0.3 is 14.1 Å². The summed E-state index contributed by atoms with van der Waals surface area (Å²) in [6, 6.07) is 23.7. The van der Waals surface area contributed by atoms with E-state index in [1.165, 1.54) is 0 Å². The smallest absolute Gasteiger partial charge is 0.231 e. The van der Waals surface area contributed by atoms with Crippen LogP contribution in [0.15, 0.2) is 83.5 Å². The Morgan fingerprint density at radius 2 is 1.77 bits per heavy atom. The number of nitrogens with zero attached hydrogens (tertiary/aromatic N) is 1. The summed E-state index contributed by atoms with van der Waals surface area (Å²) in [7, 11) is 0. The molecule has 0 bridgehead atoms. The predicted octanol–water partition coefficient (Wildman–Crippen LogP) is 5.92. The van der Waals surface area contributed by atoms with Crippen LogP contribution in [0.4, 0.5) is 5.69 Å². The van der Waals surface area contributed by atoms with Gasteiger partial charge in [0.2, 0.25) is 5.91 Å². The lowest BCUT2D eigenvalue weighted by Gasteiger charge is -2.23. The molecule has 0 aliphatic rings. The molecule has 30 heavy (non-hydrogen) atoms. The second-order valence-corrected chi connectivity index (χ2v) is 7.33. The van der Waals surface area contributed by atoms with E-state index in [9.17, 15) is 4.79 Å². The zero-order chi connectivity index (χ0) is 20.9. The van der Waals surface area contributed by atoms with E-state index >= 15 is 0 Å². The van der Waals surface area contributed by atoms with Crippen molar-refractivity contribution in [2.75, 3.05) is 11.5 Å². The highest BCUT2D eigenvalue weighted by atomic mass is 16.5. The van der Waals surface area contributed by atoms with E-state index in [1.54, 1.807) is 6.26 Å². The van der Waals surface area contributed by atoms with Crippen molar-refractivity contribution in [2.45, 2.75) is 26.8 Å². The maximum atomic E-state index is 13.4. The van der Waals surface area contributed by atoms with Gasteiger partial charge in [0.1, 0.15) is 11.3 Å². The lowest BCUT2D eigenvalue weighted by molar-refractivity contribution is -0.118. The molecule has 1 aromatic heterocycles. The van der Waals surface area contributed by atoms with Gasteiger partial charge in [-0.2, -0.15) is 0 Å². The van der Waals surface area contributed by atoms with E-state index < -0.39 is 0 Å². The largest absolute Gasteiger partial charge is 0.494 e. The summed E-state index contributed by atoms with van der Waals surface area (Å²) in [6.45, 7) is 5.11. The molecule has 152 valence electrons. The lowest BCUT2D eigenvalue weighted by Crippen LogP contribution is -2.31. The maximum Gasteiger partial charge on any atom is 0.231 e. The van der Waals surface area contributed by atoms with Crippen LogP contribution in [0.5, 0.6) is 5.75 Å². The van der Waals surface area contributed by atoms with Gasteiger partial charge in [0.05, 0.1) is 25.8 Å². The van der Waals surface area contributed by atoms with E-state index in [4.69, 9.17) is 9.15 Å². The molecule has 0 N–H and O–H groups in total. The van der Waals surface area contributed by atoms with Gasteiger partial charge in [0, 0.05) is 16.6 Å². The van der Waals surface area contributed by atoms with Gasteiger partial charge in [0.15, 0.2) is 0 Å². The van der Waals surface area contributed by atoms with Crippen molar-refractivity contribution in [1.82, 2.24) is 0 Å². The van der Waals surface area contributed by atoms with E-state index in [0.29, 0.717) is 13.2 Å². The van der Waals surface area contributed by atoms with Crippen molar-refractivity contribution in [1.29, 1.82) is 0 Å². The zero-order valence-electron chi connectivity index (χ0n) is 17.3. The molecule has 0 saturated carbocycles. The number of amides is 1. The van der Waals surface area contributed by atoms with Crippen LogP contribution in [0.25, 0.3) is 11.0 Å². The summed E-state index contributed by atoms with van der Waals surface area (Å²) in [4.78, 5) is 15.2. The van der Waals surface area contributed by atoms with Gasteiger partial charge in [-0.05, 0) is 55.8 Å². The molecule has 0 radical (unpaired) electrons. The second kappa shape index (κ2) is 8.87. The number of aryl methyl sites for hydroxylation is 1. The number of carbonyl (C=O) groups excluding carboxylic acids is 1. The second-order valence-electron chi connectivity index (χ2n) is 7.33. The van der Waals surface area contributed by atoms with Crippen LogP contribution < -0.4 is 9.64 Å². The van der Waals surface area contributed by atoms with Crippen molar-refractivity contribution in [2.24, 2.45) is 0 Å². The van der Waals surface area contributed by atoms with E-state index in [0.717, 1.165) is 39.1 Å². The standard InChI is InChI=1S/C26H25NO3/c1-3-29-23-12-10-22(11-13-23)27(17-20-7-5-4-6-8-20)26(28)16-21-18-30-25-14-9-19(2)15-24(21)25/h4-15,18H,3,16-17H2,1-2H3. The Hall–Kier alpha value is -3.53. The molecule has 0 aliphatic heterocycles. The number of furan rings is 1. The third kappa shape index (κ3) is 4.38. The Morgan fingerprint density at radius 3 is 2.50 bits per heavy atom. The van der Waals surface area contributed by atoms with Gasteiger partial charge in [-0.1, -0.05) is 42.0 Å². The molecule has 3 aromatic carbocycles. The number of hydrogen-bond acceptors (Lipinski definition) is 3. The molecule has 0 atom stereocenters.